The Kier molecular flexibility index (Phi) is 3.43. The fourth-order valence-electron chi connectivity index (χ4n) is 0.461. The summed E-state index contributed by atoms with van der Waals surface area (Å²) in [7, 11) is 0. The van der Waals surface area contributed by atoms with E-state index in [-0.39, 0.29) is 0 Å². The molecule has 3 N–H and O–H groups in total. The predicted octanol–water partition coefficient (Wildman–Crippen LogP) is -0.0421. The first-order valence-corrected chi connectivity index (χ1v) is 2.69. The molecule has 9 heavy (non-hydrogen) atoms. The first-order valence-electron chi connectivity index (χ1n) is 2.69. The standard InChI is InChI=1S/C5H10N2O2/c1-2-4(3-7-9)5(6)8/h3-4,9H,2H2,1H3,(H2,6,8)/b7-3+. The van der Waals surface area contributed by atoms with Crippen molar-refractivity contribution in [2.45, 2.75) is 13.3 Å². The maximum atomic E-state index is 10.3. The molecule has 52 valence electrons. The van der Waals surface area contributed by atoms with E-state index >= 15 is 0 Å². The van der Waals surface area contributed by atoms with E-state index in [2.05, 4.69) is 5.16 Å². The Bertz CT molecular complexity index is 122. The van der Waals surface area contributed by atoms with Crippen molar-refractivity contribution in [1.82, 2.24) is 0 Å². The Morgan fingerprint density at radius 1 is 2.00 bits per heavy atom. The lowest BCUT2D eigenvalue weighted by Crippen LogP contribution is -2.23. The van der Waals surface area contributed by atoms with Crippen molar-refractivity contribution in [1.29, 1.82) is 0 Å². The van der Waals surface area contributed by atoms with Gasteiger partial charge in [-0.15, -0.1) is 5.16 Å². The van der Waals surface area contributed by atoms with Gasteiger partial charge in [-0.3, -0.25) is 4.79 Å². The average molecular weight is 130 g/mol. The van der Waals surface area contributed by atoms with Crippen LogP contribution in [0.3, 0.4) is 0 Å². The number of oxime groups is 1. The van der Waals surface area contributed by atoms with Gasteiger partial charge >= 0.3 is 0 Å². The van der Waals surface area contributed by atoms with Crippen LogP contribution in [0.4, 0.5) is 0 Å². The number of rotatable bonds is 3. The third kappa shape index (κ3) is 2.69. The second-order valence-corrected chi connectivity index (χ2v) is 1.68. The Labute approximate surface area is 53.3 Å². The topological polar surface area (TPSA) is 75.7 Å². The van der Waals surface area contributed by atoms with E-state index in [1.165, 1.54) is 0 Å². The monoisotopic (exact) mass is 130 g/mol. The molecule has 0 saturated carbocycles. The van der Waals surface area contributed by atoms with Crippen molar-refractivity contribution in [3.05, 3.63) is 0 Å². The van der Waals surface area contributed by atoms with Crippen LogP contribution in [0.1, 0.15) is 13.3 Å². The van der Waals surface area contributed by atoms with E-state index in [1.807, 2.05) is 0 Å². The minimum absolute atomic E-state index is 0.435. The van der Waals surface area contributed by atoms with Crippen molar-refractivity contribution < 1.29 is 10.0 Å². The van der Waals surface area contributed by atoms with Gasteiger partial charge in [-0.25, -0.2) is 0 Å². The molecule has 0 fully saturated rings. The maximum absolute atomic E-state index is 10.3. The van der Waals surface area contributed by atoms with E-state index in [0.717, 1.165) is 6.21 Å². The summed E-state index contributed by atoms with van der Waals surface area (Å²) in [6.45, 7) is 1.79. The Morgan fingerprint density at radius 2 is 2.56 bits per heavy atom. The highest BCUT2D eigenvalue weighted by molar-refractivity contribution is 5.91. The molecule has 0 aromatic carbocycles. The molecule has 0 rings (SSSR count). The van der Waals surface area contributed by atoms with Crippen LogP contribution in [0.15, 0.2) is 5.16 Å². The molecule has 0 aromatic heterocycles. The van der Waals surface area contributed by atoms with Gasteiger partial charge in [-0.2, -0.15) is 0 Å². The highest BCUT2D eigenvalue weighted by Crippen LogP contribution is 1.95. The number of primary amides is 1. The van der Waals surface area contributed by atoms with Gasteiger partial charge in [-0.05, 0) is 6.42 Å². The van der Waals surface area contributed by atoms with Crippen molar-refractivity contribution >= 4 is 12.1 Å². The molecule has 4 nitrogen and oxygen atoms in total. The second-order valence-electron chi connectivity index (χ2n) is 1.68. The summed E-state index contributed by atoms with van der Waals surface area (Å²) in [5.41, 5.74) is 4.89. The fraction of sp³-hybridized carbons (Fsp3) is 0.600. The predicted molar refractivity (Wildman–Crippen MR) is 33.3 cm³/mol. The van der Waals surface area contributed by atoms with Crippen LogP contribution in [0.2, 0.25) is 0 Å². The molecular formula is C5H10N2O2. The highest BCUT2D eigenvalue weighted by Gasteiger charge is 2.08. The molecular weight excluding hydrogens is 120 g/mol. The normalized spacial score (nSPS) is 13.9. The summed E-state index contributed by atoms with van der Waals surface area (Å²) >= 11 is 0. The van der Waals surface area contributed by atoms with Gasteiger partial charge < -0.3 is 10.9 Å². The van der Waals surface area contributed by atoms with Crippen LogP contribution in [0.25, 0.3) is 0 Å². The molecule has 0 heterocycles. The summed E-state index contributed by atoms with van der Waals surface area (Å²) in [6, 6.07) is 0. The van der Waals surface area contributed by atoms with E-state index in [0.29, 0.717) is 6.42 Å². The van der Waals surface area contributed by atoms with Gasteiger partial charge in [0.25, 0.3) is 0 Å². The summed E-state index contributed by atoms with van der Waals surface area (Å²) in [5, 5.41) is 10.7. The zero-order valence-electron chi connectivity index (χ0n) is 5.24. The molecule has 0 aromatic rings. The molecule has 1 amide bonds. The van der Waals surface area contributed by atoms with E-state index in [9.17, 15) is 4.79 Å². The average Bonchev–Trinajstić information content (AvgIpc) is 1.82. The largest absolute Gasteiger partial charge is 0.411 e. The fourth-order valence-corrected chi connectivity index (χ4v) is 0.461. The van der Waals surface area contributed by atoms with E-state index in [1.54, 1.807) is 6.92 Å². The van der Waals surface area contributed by atoms with Gasteiger partial charge in [-0.1, -0.05) is 6.92 Å². The third-order valence-corrected chi connectivity index (χ3v) is 1.05. The molecule has 0 aliphatic carbocycles. The van der Waals surface area contributed by atoms with Crippen molar-refractivity contribution in [2.75, 3.05) is 0 Å². The van der Waals surface area contributed by atoms with Gasteiger partial charge in [0.05, 0.1) is 12.1 Å². The molecule has 0 aliphatic rings. The van der Waals surface area contributed by atoms with Gasteiger partial charge in [0.2, 0.25) is 5.91 Å². The first-order chi connectivity index (χ1) is 4.22. The van der Waals surface area contributed by atoms with Gasteiger partial charge in [0, 0.05) is 0 Å². The number of amides is 1. The van der Waals surface area contributed by atoms with Crippen LogP contribution >= 0.6 is 0 Å². The minimum Gasteiger partial charge on any atom is -0.411 e. The smallest absolute Gasteiger partial charge is 0.226 e. The van der Waals surface area contributed by atoms with Crippen LogP contribution in [-0.2, 0) is 4.79 Å². The van der Waals surface area contributed by atoms with Gasteiger partial charge in [0.15, 0.2) is 0 Å². The lowest BCUT2D eigenvalue weighted by Gasteiger charge is -1.99. The number of hydrogen-bond acceptors (Lipinski definition) is 3. The van der Waals surface area contributed by atoms with Crippen LogP contribution < -0.4 is 5.73 Å². The molecule has 4 heteroatoms. The highest BCUT2D eigenvalue weighted by atomic mass is 16.4. The first kappa shape index (κ1) is 7.94. The van der Waals surface area contributed by atoms with Gasteiger partial charge in [0.1, 0.15) is 0 Å². The molecule has 1 atom stereocenters. The molecule has 1 unspecified atom stereocenters. The molecule has 0 spiro atoms. The van der Waals surface area contributed by atoms with Crippen molar-refractivity contribution in [2.24, 2.45) is 16.8 Å². The Morgan fingerprint density at radius 3 is 2.67 bits per heavy atom. The Balaban J connectivity index is 3.83. The van der Waals surface area contributed by atoms with Crippen molar-refractivity contribution in [3.8, 4) is 0 Å². The third-order valence-electron chi connectivity index (χ3n) is 1.05. The van der Waals surface area contributed by atoms with E-state index in [4.69, 9.17) is 10.9 Å². The summed E-state index contributed by atoms with van der Waals surface area (Å²) < 4.78 is 0. The zero-order valence-corrected chi connectivity index (χ0v) is 5.24. The maximum Gasteiger partial charge on any atom is 0.226 e. The molecule has 0 saturated heterocycles. The van der Waals surface area contributed by atoms with E-state index < -0.39 is 11.8 Å². The Hall–Kier alpha value is -1.06. The van der Waals surface area contributed by atoms with Crippen LogP contribution in [0.5, 0.6) is 0 Å². The van der Waals surface area contributed by atoms with Crippen LogP contribution in [0, 0.1) is 5.92 Å². The number of carbonyl (C=O) groups is 1. The summed E-state index contributed by atoms with van der Waals surface area (Å²) in [6.07, 6.45) is 1.70. The molecule has 0 bridgehead atoms. The lowest BCUT2D eigenvalue weighted by molar-refractivity contribution is -0.119. The summed E-state index contributed by atoms with van der Waals surface area (Å²) in [5.74, 6) is -0.898. The summed E-state index contributed by atoms with van der Waals surface area (Å²) in [4.78, 5) is 10.3. The SMILES string of the molecule is CCC(/C=N/O)C(N)=O. The minimum atomic E-state index is -0.463. The second kappa shape index (κ2) is 3.88. The lowest BCUT2D eigenvalue weighted by atomic mass is 10.1. The van der Waals surface area contributed by atoms with Crippen LogP contribution in [-0.4, -0.2) is 17.3 Å². The number of hydrogen-bond donors (Lipinski definition) is 2. The zero-order chi connectivity index (χ0) is 7.28. The molecule has 0 radical (unpaired) electrons. The molecule has 0 aliphatic heterocycles. The number of nitrogens with zero attached hydrogens (tertiary/aromatic N) is 1. The quantitative estimate of drug-likeness (QED) is 0.319. The number of carbonyl (C=O) groups excluding carboxylic acids is 1. The number of nitrogens with two attached hydrogens (primary N) is 1. The van der Waals surface area contributed by atoms with Crippen molar-refractivity contribution in [3.63, 3.8) is 0 Å².